The lowest BCUT2D eigenvalue weighted by molar-refractivity contribution is -0.175. The number of carboxylic acids is 1. The summed E-state index contributed by atoms with van der Waals surface area (Å²) in [7, 11) is 1.46. The van der Waals surface area contributed by atoms with Crippen LogP contribution in [0.1, 0.15) is 54.3 Å². The van der Waals surface area contributed by atoms with Crippen LogP contribution in [0.4, 0.5) is 4.39 Å². The highest BCUT2D eigenvalue weighted by Crippen LogP contribution is 2.52. The highest BCUT2D eigenvalue weighted by molar-refractivity contribution is 5.94. The average molecular weight is 479 g/mol. The molecule has 2 N–H and O–H groups in total. The maximum atomic E-state index is 14.2. The van der Waals surface area contributed by atoms with Gasteiger partial charge < -0.3 is 19.1 Å². The number of nitrogens with one attached hydrogen (secondary N) is 1. The van der Waals surface area contributed by atoms with Gasteiger partial charge >= 0.3 is 5.97 Å². The van der Waals surface area contributed by atoms with Gasteiger partial charge in [-0.15, -0.1) is 0 Å². The number of nitrogens with zero attached hydrogens (tertiary/aromatic N) is 3. The Hall–Kier alpha value is -3.30. The number of rotatable bonds is 5. The SMILES string of the molecule is COC1(C(=O)O)CC(c2c(C3CCOCC3)n(-c3ccc(F)c(C)c3)c3cc4cn[nH]c4nc23)C1. The Bertz CT molecular complexity index is 1450. The van der Waals surface area contributed by atoms with Gasteiger partial charge in [0.1, 0.15) is 5.82 Å². The third-order valence-corrected chi connectivity index (χ3v) is 7.77. The number of H-pyrrole nitrogens is 1. The highest BCUT2D eigenvalue weighted by Gasteiger charge is 2.53. The molecule has 4 heterocycles. The number of aryl methyl sites for hydroxylation is 1. The number of carboxylic acid groups (broad SMARTS) is 1. The lowest BCUT2D eigenvalue weighted by Crippen LogP contribution is -2.51. The van der Waals surface area contributed by atoms with Crippen LogP contribution in [-0.4, -0.2) is 56.7 Å². The van der Waals surface area contributed by atoms with Gasteiger partial charge in [0.15, 0.2) is 11.2 Å². The van der Waals surface area contributed by atoms with E-state index in [-0.39, 0.29) is 17.7 Å². The first-order chi connectivity index (χ1) is 16.9. The average Bonchev–Trinajstić information content (AvgIpc) is 3.41. The van der Waals surface area contributed by atoms with Crippen LogP contribution < -0.4 is 0 Å². The summed E-state index contributed by atoms with van der Waals surface area (Å²) in [5.41, 5.74) is 4.83. The zero-order valence-electron chi connectivity index (χ0n) is 19.7. The fourth-order valence-corrected chi connectivity index (χ4v) is 5.80. The molecule has 35 heavy (non-hydrogen) atoms. The van der Waals surface area contributed by atoms with E-state index in [1.807, 2.05) is 6.07 Å². The van der Waals surface area contributed by atoms with Crippen LogP contribution in [0.2, 0.25) is 0 Å². The van der Waals surface area contributed by atoms with Crippen molar-refractivity contribution in [3.05, 3.63) is 53.1 Å². The molecule has 8 nitrogen and oxygen atoms in total. The number of methoxy groups -OCH3 is 1. The number of benzene rings is 1. The zero-order chi connectivity index (χ0) is 24.3. The Morgan fingerprint density at radius 3 is 2.71 bits per heavy atom. The van der Waals surface area contributed by atoms with Crippen LogP contribution in [0.3, 0.4) is 0 Å². The van der Waals surface area contributed by atoms with E-state index in [9.17, 15) is 14.3 Å². The molecule has 0 atom stereocenters. The first kappa shape index (κ1) is 22.2. The molecule has 0 unspecified atom stereocenters. The van der Waals surface area contributed by atoms with Crippen LogP contribution in [-0.2, 0) is 14.3 Å². The second-order valence-corrected chi connectivity index (χ2v) is 9.73. The molecule has 0 bridgehead atoms. The molecule has 1 aliphatic carbocycles. The van der Waals surface area contributed by atoms with Crippen LogP contribution >= 0.6 is 0 Å². The van der Waals surface area contributed by atoms with Gasteiger partial charge in [-0.05, 0) is 68.4 Å². The molecular formula is C26H27FN4O4. The molecule has 6 rings (SSSR count). The van der Waals surface area contributed by atoms with Crippen LogP contribution in [0, 0.1) is 12.7 Å². The molecule has 0 spiro atoms. The molecule has 4 aromatic rings. The third-order valence-electron chi connectivity index (χ3n) is 7.77. The summed E-state index contributed by atoms with van der Waals surface area (Å²) in [6.45, 7) is 3.08. The van der Waals surface area contributed by atoms with Crippen molar-refractivity contribution in [2.24, 2.45) is 0 Å². The van der Waals surface area contributed by atoms with E-state index < -0.39 is 11.6 Å². The second-order valence-electron chi connectivity index (χ2n) is 9.73. The fraction of sp³-hybridized carbons (Fsp3) is 0.423. The van der Waals surface area contributed by atoms with E-state index >= 15 is 0 Å². The maximum absolute atomic E-state index is 14.2. The van der Waals surface area contributed by atoms with Crippen molar-refractivity contribution in [2.45, 2.75) is 50.0 Å². The van der Waals surface area contributed by atoms with Crippen molar-refractivity contribution in [3.63, 3.8) is 0 Å². The normalized spacial score (nSPS) is 23.1. The zero-order valence-corrected chi connectivity index (χ0v) is 19.7. The molecule has 2 fully saturated rings. The Labute approximate surface area is 201 Å². The Kier molecular flexibility index (Phi) is 5.16. The number of hydrogen-bond donors (Lipinski definition) is 2. The summed E-state index contributed by atoms with van der Waals surface area (Å²) in [5.74, 6) is -1.01. The van der Waals surface area contributed by atoms with Crippen molar-refractivity contribution in [2.75, 3.05) is 20.3 Å². The Morgan fingerprint density at radius 1 is 1.26 bits per heavy atom. The number of carbonyl (C=O) groups is 1. The van der Waals surface area contributed by atoms with Gasteiger partial charge in [-0.1, -0.05) is 0 Å². The monoisotopic (exact) mass is 478 g/mol. The minimum absolute atomic E-state index is 0.0259. The van der Waals surface area contributed by atoms with E-state index in [0.29, 0.717) is 37.3 Å². The topological polar surface area (TPSA) is 102 Å². The number of fused-ring (bicyclic) bond motifs is 2. The van der Waals surface area contributed by atoms with Crippen molar-refractivity contribution >= 4 is 28.0 Å². The van der Waals surface area contributed by atoms with E-state index in [2.05, 4.69) is 20.8 Å². The van der Waals surface area contributed by atoms with Crippen LogP contribution in [0.5, 0.6) is 0 Å². The quantitative estimate of drug-likeness (QED) is 0.435. The minimum atomic E-state index is -1.18. The second kappa shape index (κ2) is 8.13. The molecule has 1 saturated carbocycles. The first-order valence-corrected chi connectivity index (χ1v) is 11.9. The lowest BCUT2D eigenvalue weighted by Gasteiger charge is -2.43. The number of halogens is 1. The molecule has 1 saturated heterocycles. The van der Waals surface area contributed by atoms with Crippen molar-refractivity contribution in [1.29, 1.82) is 0 Å². The molecular weight excluding hydrogens is 451 g/mol. The molecule has 2 aliphatic rings. The Morgan fingerprint density at radius 2 is 2.03 bits per heavy atom. The van der Waals surface area contributed by atoms with Crippen LogP contribution in [0.15, 0.2) is 30.5 Å². The number of aromatic nitrogens is 4. The predicted molar refractivity (Wildman–Crippen MR) is 128 cm³/mol. The van der Waals surface area contributed by atoms with E-state index in [1.54, 1.807) is 19.2 Å². The first-order valence-electron chi connectivity index (χ1n) is 11.9. The van der Waals surface area contributed by atoms with Gasteiger partial charge in [-0.2, -0.15) is 5.10 Å². The van der Waals surface area contributed by atoms with Gasteiger partial charge in [0.25, 0.3) is 0 Å². The molecule has 3 aromatic heterocycles. The standard InChI is InChI=1S/C26H27FN4O4/c1-14-9-18(3-4-19(14)27)31-20-10-16-13-28-30-24(16)29-22(20)21(23(31)15-5-7-35-8-6-15)17-11-26(12-17,34-2)25(32)33/h3-4,9-10,13,15,17H,5-8,11-12H2,1-2H3,(H,32,33)(H,28,29,30). The smallest absolute Gasteiger partial charge is 0.335 e. The fourth-order valence-electron chi connectivity index (χ4n) is 5.80. The summed E-state index contributed by atoms with van der Waals surface area (Å²) < 4.78 is 27.5. The lowest BCUT2D eigenvalue weighted by atomic mass is 9.66. The van der Waals surface area contributed by atoms with E-state index in [0.717, 1.165) is 46.2 Å². The number of pyridine rings is 1. The van der Waals surface area contributed by atoms with Gasteiger partial charge in [0.05, 0.1) is 17.2 Å². The highest BCUT2D eigenvalue weighted by atomic mass is 19.1. The van der Waals surface area contributed by atoms with E-state index in [4.69, 9.17) is 14.5 Å². The number of hydrogen-bond acceptors (Lipinski definition) is 5. The van der Waals surface area contributed by atoms with Crippen LogP contribution in [0.25, 0.3) is 27.8 Å². The molecule has 182 valence electrons. The summed E-state index contributed by atoms with van der Waals surface area (Å²) in [6.07, 6.45) is 4.19. The third kappa shape index (κ3) is 3.36. The van der Waals surface area contributed by atoms with Crippen molar-refractivity contribution in [1.82, 2.24) is 19.7 Å². The summed E-state index contributed by atoms with van der Waals surface area (Å²) in [5, 5.41) is 17.8. The number of ether oxygens (including phenoxy) is 2. The van der Waals surface area contributed by atoms with Gasteiger partial charge in [0, 0.05) is 48.6 Å². The summed E-state index contributed by atoms with van der Waals surface area (Å²) in [6, 6.07) is 7.22. The van der Waals surface area contributed by atoms with Crippen molar-refractivity contribution in [3.8, 4) is 5.69 Å². The number of aromatic amines is 1. The van der Waals surface area contributed by atoms with Gasteiger partial charge in [0.2, 0.25) is 0 Å². The largest absolute Gasteiger partial charge is 0.479 e. The predicted octanol–water partition coefficient (Wildman–Crippen LogP) is 4.59. The number of aliphatic carboxylic acids is 1. The minimum Gasteiger partial charge on any atom is -0.479 e. The molecule has 0 amide bonds. The van der Waals surface area contributed by atoms with Crippen molar-refractivity contribution < 1.29 is 23.8 Å². The maximum Gasteiger partial charge on any atom is 0.335 e. The summed E-state index contributed by atoms with van der Waals surface area (Å²) in [4.78, 5) is 17.0. The van der Waals surface area contributed by atoms with Gasteiger partial charge in [-0.3, -0.25) is 5.10 Å². The van der Waals surface area contributed by atoms with E-state index in [1.165, 1.54) is 13.2 Å². The summed E-state index contributed by atoms with van der Waals surface area (Å²) >= 11 is 0. The Balaban J connectivity index is 1.64. The molecule has 1 aliphatic heterocycles. The van der Waals surface area contributed by atoms with Gasteiger partial charge in [-0.25, -0.2) is 14.2 Å². The molecule has 9 heteroatoms. The molecule has 1 aromatic carbocycles. The molecule has 0 radical (unpaired) electrons.